The zero-order valence-electron chi connectivity index (χ0n) is 21.5. The quantitative estimate of drug-likeness (QED) is 0.305. The number of halogens is 2. The van der Waals surface area contributed by atoms with E-state index in [1.165, 1.54) is 17.0 Å². The van der Waals surface area contributed by atoms with Crippen LogP contribution in [0.15, 0.2) is 82.2 Å². The predicted molar refractivity (Wildman–Crippen MR) is 155 cm³/mol. The maximum Gasteiger partial charge on any atom is 0.264 e. The highest BCUT2D eigenvalue weighted by atomic mass is 79.9. The largest absolute Gasteiger partial charge is 0.354 e. The van der Waals surface area contributed by atoms with Crippen LogP contribution in [0.25, 0.3) is 0 Å². The summed E-state index contributed by atoms with van der Waals surface area (Å²) in [5, 5.41) is 3.21. The molecule has 0 aliphatic heterocycles. The molecule has 0 fully saturated rings. The second-order valence-electron chi connectivity index (χ2n) is 8.82. The molecule has 1 atom stereocenters. The van der Waals surface area contributed by atoms with Crippen LogP contribution in [-0.4, -0.2) is 44.3 Å². The lowest BCUT2D eigenvalue weighted by Gasteiger charge is -2.32. The summed E-state index contributed by atoms with van der Waals surface area (Å²) in [6.45, 7) is 5.37. The van der Waals surface area contributed by atoms with Crippen molar-refractivity contribution in [3.05, 3.63) is 93.4 Å². The van der Waals surface area contributed by atoms with Crippen LogP contribution in [-0.2, 0) is 26.2 Å². The van der Waals surface area contributed by atoms with E-state index in [9.17, 15) is 18.0 Å². The van der Waals surface area contributed by atoms with Gasteiger partial charge < -0.3 is 10.2 Å². The highest BCUT2D eigenvalue weighted by Crippen LogP contribution is 2.31. The fourth-order valence-corrected chi connectivity index (χ4v) is 5.79. The summed E-state index contributed by atoms with van der Waals surface area (Å²) < 4.78 is 29.6. The number of rotatable bonds is 11. The molecule has 7 nitrogen and oxygen atoms in total. The molecule has 0 saturated carbocycles. The fourth-order valence-electron chi connectivity index (χ4n) is 3.86. The van der Waals surface area contributed by atoms with Gasteiger partial charge >= 0.3 is 0 Å². The van der Waals surface area contributed by atoms with Gasteiger partial charge in [-0.05, 0) is 67.8 Å². The van der Waals surface area contributed by atoms with Gasteiger partial charge in [0.25, 0.3) is 10.0 Å². The Morgan fingerprint density at radius 1 is 1.00 bits per heavy atom. The average Bonchev–Trinajstić information content (AvgIpc) is 2.91. The molecule has 2 amide bonds. The lowest BCUT2D eigenvalue weighted by Crippen LogP contribution is -2.51. The number of nitrogens with zero attached hydrogens (tertiary/aromatic N) is 2. The number of nitrogens with one attached hydrogen (secondary N) is 1. The minimum absolute atomic E-state index is 0.0420. The average molecular weight is 621 g/mol. The molecule has 1 unspecified atom stereocenters. The monoisotopic (exact) mass is 619 g/mol. The molecule has 0 radical (unpaired) electrons. The highest BCUT2D eigenvalue weighted by molar-refractivity contribution is 9.10. The molecule has 10 heteroatoms. The minimum Gasteiger partial charge on any atom is -0.354 e. The van der Waals surface area contributed by atoms with Crippen LogP contribution in [0.1, 0.15) is 31.4 Å². The third kappa shape index (κ3) is 7.15. The number of hydrogen-bond acceptors (Lipinski definition) is 4. The first kappa shape index (κ1) is 29.7. The second kappa shape index (κ2) is 13.3. The molecule has 3 aromatic rings. The van der Waals surface area contributed by atoms with E-state index >= 15 is 0 Å². The maximum absolute atomic E-state index is 13.9. The van der Waals surface area contributed by atoms with Crippen molar-refractivity contribution in [2.75, 3.05) is 17.4 Å². The summed E-state index contributed by atoms with van der Waals surface area (Å²) in [7, 11) is -4.14. The number of hydrogen-bond donors (Lipinski definition) is 1. The topological polar surface area (TPSA) is 86.8 Å². The first-order valence-electron chi connectivity index (χ1n) is 12.2. The van der Waals surface area contributed by atoms with E-state index in [1.807, 2.05) is 31.2 Å². The van der Waals surface area contributed by atoms with Gasteiger partial charge in [0, 0.05) is 22.6 Å². The second-order valence-corrected chi connectivity index (χ2v) is 12.0. The standard InChI is InChI=1S/C28H31BrClN3O4S/c1-4-17-31-28(35)21(3)32(18-22-13-15-23(29)16-14-22)27(34)19-33(26-12-8-11-25(30)20(26)2)38(36,37)24-9-6-5-7-10-24/h5-16,21H,4,17-19H2,1-3H3,(H,31,35). The highest BCUT2D eigenvalue weighted by Gasteiger charge is 2.33. The molecule has 0 heterocycles. The van der Waals surface area contributed by atoms with Crippen molar-refractivity contribution in [1.29, 1.82) is 0 Å². The van der Waals surface area contributed by atoms with Crippen molar-refractivity contribution in [3.8, 4) is 0 Å². The summed E-state index contributed by atoms with van der Waals surface area (Å²) in [6, 6.07) is 19.4. The van der Waals surface area contributed by atoms with Gasteiger partial charge in [-0.1, -0.05) is 70.9 Å². The fraction of sp³-hybridized carbons (Fsp3) is 0.286. The van der Waals surface area contributed by atoms with Crippen molar-refractivity contribution in [1.82, 2.24) is 10.2 Å². The summed E-state index contributed by atoms with van der Waals surface area (Å²) in [6.07, 6.45) is 0.746. The lowest BCUT2D eigenvalue weighted by atomic mass is 10.1. The SMILES string of the molecule is CCCNC(=O)C(C)N(Cc1ccc(Br)cc1)C(=O)CN(c1cccc(Cl)c1C)S(=O)(=O)c1ccccc1. The van der Waals surface area contributed by atoms with Gasteiger partial charge in [-0.2, -0.15) is 0 Å². The Kier molecular flexibility index (Phi) is 10.4. The summed E-state index contributed by atoms with van der Waals surface area (Å²) >= 11 is 9.75. The van der Waals surface area contributed by atoms with Gasteiger partial charge in [0.15, 0.2) is 0 Å². The van der Waals surface area contributed by atoms with Crippen molar-refractivity contribution in [3.63, 3.8) is 0 Å². The number of anilines is 1. The first-order valence-corrected chi connectivity index (χ1v) is 14.8. The summed E-state index contributed by atoms with van der Waals surface area (Å²) in [5.41, 5.74) is 1.61. The van der Waals surface area contributed by atoms with E-state index in [1.54, 1.807) is 50.2 Å². The Morgan fingerprint density at radius 2 is 1.66 bits per heavy atom. The van der Waals surface area contributed by atoms with Crippen LogP contribution in [0.3, 0.4) is 0 Å². The van der Waals surface area contributed by atoms with Crippen LogP contribution in [0.4, 0.5) is 5.69 Å². The van der Waals surface area contributed by atoms with Gasteiger partial charge in [-0.15, -0.1) is 0 Å². The van der Waals surface area contributed by atoms with Gasteiger partial charge in [-0.25, -0.2) is 8.42 Å². The number of amides is 2. The van der Waals surface area contributed by atoms with E-state index < -0.39 is 28.5 Å². The van der Waals surface area contributed by atoms with E-state index in [4.69, 9.17) is 11.6 Å². The number of carbonyl (C=O) groups excluding carboxylic acids is 2. The molecule has 0 aliphatic carbocycles. The molecular weight excluding hydrogens is 590 g/mol. The zero-order valence-corrected chi connectivity index (χ0v) is 24.7. The summed E-state index contributed by atoms with van der Waals surface area (Å²) in [4.78, 5) is 28.2. The molecule has 202 valence electrons. The normalized spacial score (nSPS) is 12.0. The van der Waals surface area contributed by atoms with E-state index in [2.05, 4.69) is 21.2 Å². The number of carbonyl (C=O) groups is 2. The molecule has 0 aromatic heterocycles. The van der Waals surface area contributed by atoms with Crippen LogP contribution in [0.2, 0.25) is 5.02 Å². The Labute approximate surface area is 238 Å². The van der Waals surface area contributed by atoms with E-state index in [-0.39, 0.29) is 17.3 Å². The molecule has 3 rings (SSSR count). The lowest BCUT2D eigenvalue weighted by molar-refractivity contribution is -0.139. The van der Waals surface area contributed by atoms with Crippen LogP contribution < -0.4 is 9.62 Å². The molecule has 1 N–H and O–H groups in total. The van der Waals surface area contributed by atoms with Gasteiger partial charge in [0.05, 0.1) is 10.6 Å². The van der Waals surface area contributed by atoms with Crippen LogP contribution in [0, 0.1) is 6.92 Å². The minimum atomic E-state index is -4.14. The maximum atomic E-state index is 13.9. The predicted octanol–water partition coefficient (Wildman–Crippen LogP) is 5.55. The molecule has 38 heavy (non-hydrogen) atoms. The van der Waals surface area contributed by atoms with Crippen LogP contribution in [0.5, 0.6) is 0 Å². The van der Waals surface area contributed by atoms with Gasteiger partial charge in [-0.3, -0.25) is 13.9 Å². The first-order chi connectivity index (χ1) is 18.1. The third-order valence-electron chi connectivity index (χ3n) is 6.10. The van der Waals surface area contributed by atoms with E-state index in [0.29, 0.717) is 22.8 Å². The molecule has 0 saturated heterocycles. The third-order valence-corrected chi connectivity index (χ3v) is 8.81. The molecule has 0 aliphatic rings. The number of benzene rings is 3. The Hall–Kier alpha value is -2.88. The summed E-state index contributed by atoms with van der Waals surface area (Å²) in [5.74, 6) is -0.834. The number of sulfonamides is 1. The Balaban J connectivity index is 2.04. The van der Waals surface area contributed by atoms with Crippen molar-refractivity contribution in [2.24, 2.45) is 0 Å². The van der Waals surface area contributed by atoms with Crippen molar-refractivity contribution >= 4 is 55.1 Å². The van der Waals surface area contributed by atoms with Crippen molar-refractivity contribution < 1.29 is 18.0 Å². The zero-order chi connectivity index (χ0) is 27.9. The Morgan fingerprint density at radius 3 is 2.29 bits per heavy atom. The van der Waals surface area contributed by atoms with Gasteiger partial charge in [0.2, 0.25) is 11.8 Å². The molecular formula is C28H31BrClN3O4S. The van der Waals surface area contributed by atoms with E-state index in [0.717, 1.165) is 20.8 Å². The van der Waals surface area contributed by atoms with Crippen LogP contribution >= 0.6 is 27.5 Å². The Bertz CT molecular complexity index is 1370. The molecule has 0 bridgehead atoms. The van der Waals surface area contributed by atoms with Gasteiger partial charge in [0.1, 0.15) is 12.6 Å². The molecule has 0 spiro atoms. The molecule has 3 aromatic carbocycles. The van der Waals surface area contributed by atoms with Crippen molar-refractivity contribution in [2.45, 2.75) is 44.7 Å². The smallest absolute Gasteiger partial charge is 0.264 e.